The number of nitrogens with zero attached hydrogens (tertiary/aromatic N) is 3. The summed E-state index contributed by atoms with van der Waals surface area (Å²) in [4.78, 5) is 0. The Balaban J connectivity index is 1.60. The topological polar surface area (TPSA) is 33.6 Å². The maximum Gasteiger partial charge on any atom is 0.417 e. The molecule has 6 aromatic carbocycles. The van der Waals surface area contributed by atoms with Crippen molar-refractivity contribution in [1.29, 1.82) is 5.26 Å². The Hall–Kier alpha value is -5.80. The van der Waals surface area contributed by atoms with Gasteiger partial charge >= 0.3 is 6.18 Å². The Morgan fingerprint density at radius 2 is 1.09 bits per heavy atom. The van der Waals surface area contributed by atoms with E-state index in [0.29, 0.717) is 16.9 Å². The molecule has 0 radical (unpaired) electrons. The van der Waals surface area contributed by atoms with E-state index in [-0.39, 0.29) is 11.1 Å². The highest BCUT2D eigenvalue weighted by atomic mass is 19.4. The van der Waals surface area contributed by atoms with Gasteiger partial charge in [-0.25, -0.2) is 0 Å². The monoisotopic (exact) mass is 605 g/mol. The molecular formula is C40H26F3N3. The number of hydrogen-bond acceptors (Lipinski definition) is 1. The van der Waals surface area contributed by atoms with Crippen LogP contribution in [0.4, 0.5) is 13.2 Å². The van der Waals surface area contributed by atoms with Gasteiger partial charge in [-0.3, -0.25) is 0 Å². The predicted molar refractivity (Wildman–Crippen MR) is 180 cm³/mol. The summed E-state index contributed by atoms with van der Waals surface area (Å²) < 4.78 is 47.2. The minimum absolute atomic E-state index is 0.0220. The molecular weight excluding hydrogens is 579 g/mol. The average molecular weight is 606 g/mol. The maximum absolute atomic E-state index is 14.4. The number of hydrogen-bond donors (Lipinski definition) is 0. The van der Waals surface area contributed by atoms with Gasteiger partial charge in [0.1, 0.15) is 6.07 Å². The molecule has 8 aromatic rings. The minimum atomic E-state index is -4.57. The lowest BCUT2D eigenvalue weighted by Gasteiger charge is -2.21. The summed E-state index contributed by atoms with van der Waals surface area (Å²) in [5.41, 5.74) is 6.89. The van der Waals surface area contributed by atoms with Crippen molar-refractivity contribution < 1.29 is 13.2 Å². The summed E-state index contributed by atoms with van der Waals surface area (Å²) in [7, 11) is 0. The Morgan fingerprint density at radius 3 is 1.70 bits per heavy atom. The molecule has 8 rings (SSSR count). The van der Waals surface area contributed by atoms with Gasteiger partial charge in [0.15, 0.2) is 0 Å². The largest absolute Gasteiger partial charge is 0.417 e. The van der Waals surface area contributed by atoms with Gasteiger partial charge < -0.3 is 9.13 Å². The van der Waals surface area contributed by atoms with E-state index < -0.39 is 11.7 Å². The molecule has 0 aliphatic carbocycles. The zero-order chi connectivity index (χ0) is 31.7. The lowest BCUT2D eigenvalue weighted by Crippen LogP contribution is -2.09. The highest BCUT2D eigenvalue weighted by Gasteiger charge is 2.34. The molecule has 3 nitrogen and oxygen atoms in total. The Labute approximate surface area is 263 Å². The maximum atomic E-state index is 14.4. The molecule has 2 heterocycles. The van der Waals surface area contributed by atoms with Crippen LogP contribution in [-0.2, 0) is 6.18 Å². The number of aryl methyl sites for hydroxylation is 2. The number of para-hydroxylation sites is 2. The van der Waals surface area contributed by atoms with Crippen LogP contribution >= 0.6 is 0 Å². The van der Waals surface area contributed by atoms with Crippen LogP contribution in [0.25, 0.3) is 66.1 Å². The van der Waals surface area contributed by atoms with Gasteiger partial charge in [0.05, 0.1) is 44.6 Å². The molecule has 0 aliphatic rings. The summed E-state index contributed by atoms with van der Waals surface area (Å²) in [6.45, 7) is 4.09. The van der Waals surface area contributed by atoms with Crippen LogP contribution in [0.2, 0.25) is 0 Å². The number of aromatic nitrogens is 2. The first kappa shape index (κ1) is 27.7. The van der Waals surface area contributed by atoms with Crippen molar-refractivity contribution in [2.75, 3.05) is 0 Å². The molecule has 222 valence electrons. The lowest BCUT2D eigenvalue weighted by molar-refractivity contribution is -0.137. The second kappa shape index (κ2) is 10.1. The summed E-state index contributed by atoms with van der Waals surface area (Å²) in [6.07, 6.45) is -4.57. The van der Waals surface area contributed by atoms with Gasteiger partial charge in [0.2, 0.25) is 0 Å². The van der Waals surface area contributed by atoms with E-state index in [1.54, 1.807) is 18.2 Å². The number of fused-ring (bicyclic) bond motifs is 6. The van der Waals surface area contributed by atoms with Crippen molar-refractivity contribution >= 4 is 43.6 Å². The lowest BCUT2D eigenvalue weighted by atomic mass is 9.95. The van der Waals surface area contributed by atoms with Crippen molar-refractivity contribution in [3.05, 3.63) is 144 Å². The SMILES string of the molecule is Cc1ccc2c(c1)c1ccccc1n2-c1cc(-c2ccccc2C(F)(F)F)cc(C#N)c1-n1c2ccccc2c2cc(C)ccc21. The first-order valence-electron chi connectivity index (χ1n) is 15.0. The zero-order valence-corrected chi connectivity index (χ0v) is 25.0. The minimum Gasteiger partial charge on any atom is -0.307 e. The molecule has 0 amide bonds. The summed E-state index contributed by atoms with van der Waals surface area (Å²) in [6, 6.07) is 39.9. The average Bonchev–Trinajstić information content (AvgIpc) is 3.55. The predicted octanol–water partition coefficient (Wildman–Crippen LogP) is 11.1. The van der Waals surface area contributed by atoms with Crippen LogP contribution < -0.4 is 0 Å². The van der Waals surface area contributed by atoms with E-state index in [4.69, 9.17) is 0 Å². The molecule has 0 unspecified atom stereocenters. The summed E-state index contributed by atoms with van der Waals surface area (Å²) in [5, 5.41) is 14.9. The van der Waals surface area contributed by atoms with Crippen molar-refractivity contribution in [3.63, 3.8) is 0 Å². The number of rotatable bonds is 3. The second-order valence-corrected chi connectivity index (χ2v) is 11.8. The molecule has 0 fully saturated rings. The molecule has 0 spiro atoms. The van der Waals surface area contributed by atoms with Crippen molar-refractivity contribution in [2.24, 2.45) is 0 Å². The van der Waals surface area contributed by atoms with Crippen molar-refractivity contribution in [2.45, 2.75) is 20.0 Å². The normalized spacial score (nSPS) is 12.0. The number of halogens is 3. The number of benzene rings is 6. The fourth-order valence-corrected chi connectivity index (χ4v) is 6.92. The Bertz CT molecular complexity index is 2560. The smallest absolute Gasteiger partial charge is 0.307 e. The molecule has 46 heavy (non-hydrogen) atoms. The van der Waals surface area contributed by atoms with E-state index >= 15 is 0 Å². The Morgan fingerprint density at radius 1 is 0.565 bits per heavy atom. The van der Waals surface area contributed by atoms with Gasteiger partial charge in [-0.2, -0.15) is 18.4 Å². The van der Waals surface area contributed by atoms with Crippen LogP contribution in [0, 0.1) is 25.2 Å². The second-order valence-electron chi connectivity index (χ2n) is 11.8. The van der Waals surface area contributed by atoms with E-state index in [2.05, 4.69) is 45.5 Å². The molecule has 0 bridgehead atoms. The third-order valence-corrected chi connectivity index (χ3v) is 8.87. The highest BCUT2D eigenvalue weighted by molar-refractivity contribution is 6.12. The molecule has 0 N–H and O–H groups in total. The first-order valence-corrected chi connectivity index (χ1v) is 15.0. The molecule has 2 aromatic heterocycles. The van der Waals surface area contributed by atoms with Crippen LogP contribution in [0.5, 0.6) is 0 Å². The fraction of sp³-hybridized carbons (Fsp3) is 0.0750. The first-order chi connectivity index (χ1) is 22.2. The fourth-order valence-electron chi connectivity index (χ4n) is 6.92. The third kappa shape index (κ3) is 4.13. The standard InChI is InChI=1S/C40H26F3N3/c1-24-15-17-36-31(19-24)29-10-4-7-13-34(29)45(36)38-22-26(28-9-3-6-12-33(28)40(41,42)43)21-27(23-44)39(38)46-35-14-8-5-11-30(35)32-20-25(2)16-18-37(32)46/h3-22H,1-2H3. The molecule has 0 saturated heterocycles. The summed E-state index contributed by atoms with van der Waals surface area (Å²) >= 11 is 0. The van der Waals surface area contributed by atoms with Gasteiger partial charge in [-0.1, -0.05) is 77.9 Å². The number of alkyl halides is 3. The molecule has 0 aliphatic heterocycles. The van der Waals surface area contributed by atoms with E-state index in [1.807, 2.05) is 68.4 Å². The van der Waals surface area contributed by atoms with Gasteiger partial charge in [0, 0.05) is 21.5 Å². The van der Waals surface area contributed by atoms with Crippen LogP contribution in [-0.4, -0.2) is 9.13 Å². The van der Waals surface area contributed by atoms with E-state index in [9.17, 15) is 18.4 Å². The molecule has 6 heteroatoms. The molecule has 0 saturated carbocycles. The number of nitriles is 1. The highest BCUT2D eigenvalue weighted by Crippen LogP contribution is 2.43. The van der Waals surface area contributed by atoms with Crippen molar-refractivity contribution in [1.82, 2.24) is 9.13 Å². The van der Waals surface area contributed by atoms with Crippen LogP contribution in [0.15, 0.2) is 121 Å². The van der Waals surface area contributed by atoms with E-state index in [0.717, 1.165) is 60.8 Å². The zero-order valence-electron chi connectivity index (χ0n) is 25.0. The van der Waals surface area contributed by atoms with E-state index in [1.165, 1.54) is 12.1 Å². The summed E-state index contributed by atoms with van der Waals surface area (Å²) in [5.74, 6) is 0. The molecule has 0 atom stereocenters. The van der Waals surface area contributed by atoms with Crippen LogP contribution in [0.1, 0.15) is 22.3 Å². The quantitative estimate of drug-likeness (QED) is 0.197. The third-order valence-electron chi connectivity index (χ3n) is 8.87. The van der Waals surface area contributed by atoms with Gasteiger partial charge in [0.25, 0.3) is 0 Å². The van der Waals surface area contributed by atoms with Gasteiger partial charge in [-0.05, 0) is 79.6 Å². The van der Waals surface area contributed by atoms with Crippen molar-refractivity contribution in [3.8, 4) is 28.6 Å². The Kier molecular flexibility index (Phi) is 6.10. The van der Waals surface area contributed by atoms with Crippen LogP contribution in [0.3, 0.4) is 0 Å². The van der Waals surface area contributed by atoms with Gasteiger partial charge in [-0.15, -0.1) is 0 Å².